The van der Waals surface area contributed by atoms with Gasteiger partial charge in [0.2, 0.25) is 0 Å². The van der Waals surface area contributed by atoms with E-state index in [2.05, 4.69) is 15.9 Å². The number of rotatable bonds is 2. The first-order valence-electron chi connectivity index (χ1n) is 4.58. The van der Waals surface area contributed by atoms with Gasteiger partial charge in [0.15, 0.2) is 4.67 Å². The van der Waals surface area contributed by atoms with Crippen LogP contribution in [0.2, 0.25) is 0 Å². The summed E-state index contributed by atoms with van der Waals surface area (Å²) in [6.45, 7) is 0.794. The number of ether oxygens (including phenoxy) is 1. The molecule has 2 heterocycles. The molecule has 0 saturated carbocycles. The van der Waals surface area contributed by atoms with Crippen molar-refractivity contribution in [1.82, 2.24) is 0 Å². The molecule has 1 unspecified atom stereocenters. The Morgan fingerprint density at radius 1 is 1.50 bits per heavy atom. The Balaban J connectivity index is 2.19. The number of hydrogen-bond acceptors (Lipinski definition) is 3. The van der Waals surface area contributed by atoms with E-state index in [1.165, 1.54) is 0 Å². The van der Waals surface area contributed by atoms with Gasteiger partial charge in [-0.25, -0.2) is 0 Å². The van der Waals surface area contributed by atoms with Crippen molar-refractivity contribution in [2.45, 2.75) is 18.9 Å². The van der Waals surface area contributed by atoms with Crippen molar-refractivity contribution < 1.29 is 9.15 Å². The van der Waals surface area contributed by atoms with Crippen molar-refractivity contribution in [2.24, 2.45) is 5.73 Å². The molecular weight excluding hydrogens is 246 g/mol. The highest BCUT2D eigenvalue weighted by molar-refractivity contribution is 9.10. The molecule has 4 heteroatoms. The molecule has 2 rings (SSSR count). The van der Waals surface area contributed by atoms with Gasteiger partial charge in [0.05, 0.1) is 25.2 Å². The molecule has 1 aliphatic rings. The van der Waals surface area contributed by atoms with Gasteiger partial charge in [0.1, 0.15) is 0 Å². The zero-order valence-corrected chi connectivity index (χ0v) is 9.29. The molecule has 1 aromatic heterocycles. The highest BCUT2D eigenvalue weighted by Crippen LogP contribution is 2.30. The van der Waals surface area contributed by atoms with Crippen molar-refractivity contribution >= 4 is 15.9 Å². The van der Waals surface area contributed by atoms with Gasteiger partial charge >= 0.3 is 0 Å². The first-order chi connectivity index (χ1) is 6.79. The molecule has 14 heavy (non-hydrogen) atoms. The van der Waals surface area contributed by atoms with Crippen molar-refractivity contribution in [3.8, 4) is 0 Å². The Morgan fingerprint density at radius 3 is 2.93 bits per heavy atom. The summed E-state index contributed by atoms with van der Waals surface area (Å²) in [6.07, 6.45) is 5.44. The topological polar surface area (TPSA) is 48.4 Å². The summed E-state index contributed by atoms with van der Waals surface area (Å²) in [5.41, 5.74) is 8.17. The van der Waals surface area contributed by atoms with Crippen molar-refractivity contribution in [2.75, 3.05) is 6.61 Å². The lowest BCUT2D eigenvalue weighted by molar-refractivity contribution is 0.221. The number of furan rings is 1. The van der Waals surface area contributed by atoms with E-state index in [1.807, 2.05) is 6.07 Å². The molecule has 1 aromatic rings. The van der Waals surface area contributed by atoms with E-state index in [1.54, 1.807) is 12.5 Å². The van der Waals surface area contributed by atoms with Crippen LogP contribution in [0, 0.1) is 0 Å². The highest BCUT2D eigenvalue weighted by Gasteiger charge is 2.18. The van der Waals surface area contributed by atoms with Gasteiger partial charge in [-0.2, -0.15) is 0 Å². The minimum Gasteiger partial charge on any atom is -0.501 e. The van der Waals surface area contributed by atoms with Crippen LogP contribution in [0.1, 0.15) is 24.4 Å². The maximum Gasteiger partial charge on any atom is 0.174 e. The largest absolute Gasteiger partial charge is 0.501 e. The summed E-state index contributed by atoms with van der Waals surface area (Å²) in [6, 6.07) is 1.76. The highest BCUT2D eigenvalue weighted by atomic mass is 79.9. The lowest BCUT2D eigenvalue weighted by Gasteiger charge is -2.18. The summed E-state index contributed by atoms with van der Waals surface area (Å²) in [4.78, 5) is 0. The zero-order chi connectivity index (χ0) is 9.97. The maximum absolute atomic E-state index is 6.08. The Bertz CT molecular complexity index is 346. The molecule has 0 bridgehead atoms. The Labute approximate surface area is 91.0 Å². The Hall–Kier alpha value is -0.740. The first kappa shape index (κ1) is 9.80. The van der Waals surface area contributed by atoms with Crippen molar-refractivity contribution in [3.63, 3.8) is 0 Å². The zero-order valence-electron chi connectivity index (χ0n) is 7.70. The van der Waals surface area contributed by atoms with E-state index in [0.717, 1.165) is 30.6 Å². The van der Waals surface area contributed by atoms with E-state index in [9.17, 15) is 0 Å². The van der Waals surface area contributed by atoms with Gasteiger partial charge in [0.25, 0.3) is 0 Å². The Kier molecular flexibility index (Phi) is 2.93. The third-order valence-electron chi connectivity index (χ3n) is 2.34. The van der Waals surface area contributed by atoms with Crippen molar-refractivity contribution in [3.05, 3.63) is 34.4 Å². The molecule has 0 aromatic carbocycles. The average Bonchev–Trinajstić information content (AvgIpc) is 2.65. The lowest BCUT2D eigenvalue weighted by Crippen LogP contribution is -2.16. The number of nitrogens with two attached hydrogens (primary N) is 1. The summed E-state index contributed by atoms with van der Waals surface area (Å²) >= 11 is 3.32. The van der Waals surface area contributed by atoms with E-state index in [-0.39, 0.29) is 6.04 Å². The number of hydrogen-bond donors (Lipinski definition) is 1. The lowest BCUT2D eigenvalue weighted by atomic mass is 9.98. The standard InChI is InChI=1S/C10H12BrNO2/c11-10-8(3-5-14-10)9(12)7-2-1-4-13-6-7/h3,5-6,9H,1-2,4,12H2. The molecule has 0 radical (unpaired) electrons. The van der Waals surface area contributed by atoms with Crippen LogP contribution in [-0.4, -0.2) is 6.61 Å². The molecule has 1 aliphatic heterocycles. The van der Waals surface area contributed by atoms with Crippen LogP contribution in [0.15, 0.2) is 33.3 Å². The van der Waals surface area contributed by atoms with Crippen LogP contribution in [-0.2, 0) is 4.74 Å². The van der Waals surface area contributed by atoms with Crippen LogP contribution >= 0.6 is 15.9 Å². The third-order valence-corrected chi connectivity index (χ3v) is 2.99. The van der Waals surface area contributed by atoms with E-state index < -0.39 is 0 Å². The predicted molar refractivity (Wildman–Crippen MR) is 56.6 cm³/mol. The fourth-order valence-electron chi connectivity index (χ4n) is 1.54. The van der Waals surface area contributed by atoms with Crippen LogP contribution in [0.3, 0.4) is 0 Å². The normalized spacial score (nSPS) is 18.6. The molecule has 0 saturated heterocycles. The first-order valence-corrected chi connectivity index (χ1v) is 5.37. The van der Waals surface area contributed by atoms with Gasteiger partial charge in [-0.3, -0.25) is 0 Å². The smallest absolute Gasteiger partial charge is 0.174 e. The van der Waals surface area contributed by atoms with Gasteiger partial charge in [-0.05, 0) is 40.4 Å². The molecule has 3 nitrogen and oxygen atoms in total. The van der Waals surface area contributed by atoms with Gasteiger partial charge in [-0.1, -0.05) is 0 Å². The summed E-state index contributed by atoms with van der Waals surface area (Å²) in [5, 5.41) is 0. The van der Waals surface area contributed by atoms with Gasteiger partial charge in [0, 0.05) is 5.56 Å². The van der Waals surface area contributed by atoms with Crippen LogP contribution in [0.25, 0.3) is 0 Å². The monoisotopic (exact) mass is 257 g/mol. The van der Waals surface area contributed by atoms with Gasteiger partial charge in [-0.15, -0.1) is 0 Å². The Morgan fingerprint density at radius 2 is 2.36 bits per heavy atom. The van der Waals surface area contributed by atoms with Crippen LogP contribution < -0.4 is 5.73 Å². The number of halogens is 1. The fraction of sp³-hybridized carbons (Fsp3) is 0.400. The molecule has 76 valence electrons. The third kappa shape index (κ3) is 1.86. The molecule has 0 spiro atoms. The van der Waals surface area contributed by atoms with Crippen LogP contribution in [0.4, 0.5) is 0 Å². The molecule has 1 atom stereocenters. The predicted octanol–water partition coefficient (Wildman–Crippen LogP) is 2.74. The molecule has 0 amide bonds. The molecule has 0 fully saturated rings. The molecular formula is C10H12BrNO2. The van der Waals surface area contributed by atoms with Crippen LogP contribution in [0.5, 0.6) is 0 Å². The summed E-state index contributed by atoms with van der Waals surface area (Å²) in [7, 11) is 0. The second-order valence-electron chi connectivity index (χ2n) is 3.29. The minimum absolute atomic E-state index is 0.122. The quantitative estimate of drug-likeness (QED) is 0.887. The second kappa shape index (κ2) is 4.19. The average molecular weight is 258 g/mol. The minimum atomic E-state index is -0.122. The SMILES string of the molecule is NC(C1=COCCC1)c1ccoc1Br. The molecule has 0 aliphatic carbocycles. The van der Waals surface area contributed by atoms with Crippen molar-refractivity contribution in [1.29, 1.82) is 0 Å². The summed E-state index contributed by atoms with van der Waals surface area (Å²) in [5.74, 6) is 0. The van der Waals surface area contributed by atoms with E-state index in [0.29, 0.717) is 4.67 Å². The van der Waals surface area contributed by atoms with E-state index in [4.69, 9.17) is 14.9 Å². The summed E-state index contributed by atoms with van der Waals surface area (Å²) < 4.78 is 11.1. The van der Waals surface area contributed by atoms with Gasteiger partial charge < -0.3 is 14.9 Å². The fourth-order valence-corrected chi connectivity index (χ4v) is 2.03. The second-order valence-corrected chi connectivity index (χ2v) is 4.01. The maximum atomic E-state index is 6.08. The molecule has 2 N–H and O–H groups in total. The van der Waals surface area contributed by atoms with E-state index >= 15 is 0 Å².